The van der Waals surface area contributed by atoms with Crippen LogP contribution in [0.25, 0.3) is 0 Å². The summed E-state index contributed by atoms with van der Waals surface area (Å²) in [6.45, 7) is 3.28. The molecule has 4 nitrogen and oxygen atoms in total. The highest BCUT2D eigenvalue weighted by Crippen LogP contribution is 2.38. The molecule has 1 aromatic carbocycles. The van der Waals surface area contributed by atoms with Gasteiger partial charge in [0.2, 0.25) is 0 Å². The second-order valence-electron chi connectivity index (χ2n) is 3.98. The van der Waals surface area contributed by atoms with Crippen LogP contribution in [0, 0.1) is 0 Å². The summed E-state index contributed by atoms with van der Waals surface area (Å²) in [6.07, 6.45) is 0. The van der Waals surface area contributed by atoms with Crippen molar-refractivity contribution in [1.82, 2.24) is 5.32 Å². The van der Waals surface area contributed by atoms with Crippen LogP contribution in [-0.2, 0) is 0 Å². The lowest BCUT2D eigenvalue weighted by molar-refractivity contribution is 0.171. The van der Waals surface area contributed by atoms with Gasteiger partial charge in [0.15, 0.2) is 11.5 Å². The molecule has 0 bridgehead atoms. The van der Waals surface area contributed by atoms with E-state index in [-0.39, 0.29) is 0 Å². The summed E-state index contributed by atoms with van der Waals surface area (Å²) >= 11 is 3.54. The van der Waals surface area contributed by atoms with Gasteiger partial charge in [-0.25, -0.2) is 0 Å². The third-order valence-electron chi connectivity index (χ3n) is 2.77. The largest absolute Gasteiger partial charge is 0.486 e. The molecule has 2 N–H and O–H groups in total. The van der Waals surface area contributed by atoms with Crippen LogP contribution in [0.3, 0.4) is 0 Å². The molecule has 3 rings (SSSR count). The van der Waals surface area contributed by atoms with E-state index in [0.29, 0.717) is 19.3 Å². The van der Waals surface area contributed by atoms with Gasteiger partial charge in [0.1, 0.15) is 13.2 Å². The average Bonchev–Trinajstić information content (AvgIpc) is 2.23. The Morgan fingerprint density at radius 3 is 2.50 bits per heavy atom. The first-order valence-electron chi connectivity index (χ1n) is 5.39. The average molecular weight is 285 g/mol. The normalized spacial score (nSPS) is 19.1. The Morgan fingerprint density at radius 1 is 1.19 bits per heavy atom. The van der Waals surface area contributed by atoms with Gasteiger partial charge in [0.05, 0.1) is 11.7 Å². The summed E-state index contributed by atoms with van der Waals surface area (Å²) in [5.41, 5.74) is 1.07. The van der Waals surface area contributed by atoms with Crippen LogP contribution in [-0.4, -0.2) is 32.3 Å². The number of fused-ring (bicyclic) bond motifs is 1. The second-order valence-corrected chi connectivity index (χ2v) is 4.83. The molecular formula is C11H13BrN2O2. The molecule has 0 aromatic heterocycles. The van der Waals surface area contributed by atoms with Gasteiger partial charge in [-0.2, -0.15) is 0 Å². The van der Waals surface area contributed by atoms with Gasteiger partial charge < -0.3 is 20.1 Å². The number of rotatable bonds is 2. The molecule has 1 aromatic rings. The van der Waals surface area contributed by atoms with Gasteiger partial charge in [-0.3, -0.25) is 0 Å². The first-order chi connectivity index (χ1) is 7.83. The van der Waals surface area contributed by atoms with Crippen molar-refractivity contribution in [3.8, 4) is 11.5 Å². The quantitative estimate of drug-likeness (QED) is 0.866. The Hall–Kier alpha value is -0.940. The molecule has 0 unspecified atom stereocenters. The van der Waals surface area contributed by atoms with Crippen LogP contribution in [0.2, 0.25) is 0 Å². The minimum absolute atomic E-state index is 0.513. The van der Waals surface area contributed by atoms with E-state index in [0.717, 1.165) is 34.7 Å². The number of ether oxygens (including phenoxy) is 2. The van der Waals surface area contributed by atoms with Gasteiger partial charge in [-0.15, -0.1) is 0 Å². The Labute approximate surface area is 102 Å². The van der Waals surface area contributed by atoms with E-state index in [2.05, 4.69) is 26.6 Å². The molecule has 2 heterocycles. The fraction of sp³-hybridized carbons (Fsp3) is 0.455. The molecule has 0 amide bonds. The van der Waals surface area contributed by atoms with Crippen molar-refractivity contribution >= 4 is 21.6 Å². The van der Waals surface area contributed by atoms with E-state index in [9.17, 15) is 0 Å². The zero-order valence-corrected chi connectivity index (χ0v) is 10.3. The second kappa shape index (κ2) is 4.14. The van der Waals surface area contributed by atoms with Crippen molar-refractivity contribution in [2.75, 3.05) is 31.6 Å². The standard InChI is InChI=1S/C11H13BrN2O2/c12-8-3-10-11(16-2-1-15-10)4-9(8)14-7-5-13-6-7/h3-4,7,13-14H,1-2,5-6H2. The topological polar surface area (TPSA) is 42.5 Å². The molecule has 0 atom stereocenters. The molecule has 2 aliphatic rings. The van der Waals surface area contributed by atoms with Crippen molar-refractivity contribution in [1.29, 1.82) is 0 Å². The first kappa shape index (κ1) is 10.2. The van der Waals surface area contributed by atoms with E-state index in [4.69, 9.17) is 9.47 Å². The number of nitrogens with one attached hydrogen (secondary N) is 2. The highest BCUT2D eigenvalue weighted by molar-refractivity contribution is 9.10. The van der Waals surface area contributed by atoms with E-state index in [1.165, 1.54) is 0 Å². The van der Waals surface area contributed by atoms with Gasteiger partial charge in [-0.1, -0.05) is 0 Å². The number of halogens is 1. The van der Waals surface area contributed by atoms with E-state index >= 15 is 0 Å². The predicted molar refractivity (Wildman–Crippen MR) is 65.4 cm³/mol. The van der Waals surface area contributed by atoms with Crippen LogP contribution < -0.4 is 20.1 Å². The molecule has 1 fully saturated rings. The van der Waals surface area contributed by atoms with Crippen LogP contribution in [0.1, 0.15) is 0 Å². The molecule has 0 saturated carbocycles. The van der Waals surface area contributed by atoms with E-state index in [1.807, 2.05) is 12.1 Å². The Kier molecular flexibility index (Phi) is 2.65. The third-order valence-corrected chi connectivity index (χ3v) is 3.43. The predicted octanol–water partition coefficient (Wildman–Crippen LogP) is 1.60. The summed E-state index contributed by atoms with van der Waals surface area (Å²) < 4.78 is 12.1. The maximum atomic E-state index is 5.55. The van der Waals surface area contributed by atoms with Crippen molar-refractivity contribution in [3.63, 3.8) is 0 Å². The number of hydrogen-bond donors (Lipinski definition) is 2. The minimum Gasteiger partial charge on any atom is -0.486 e. The van der Waals surface area contributed by atoms with Gasteiger partial charge in [0.25, 0.3) is 0 Å². The van der Waals surface area contributed by atoms with Gasteiger partial charge >= 0.3 is 0 Å². The van der Waals surface area contributed by atoms with Crippen LogP contribution in [0.15, 0.2) is 16.6 Å². The molecule has 2 aliphatic heterocycles. The maximum Gasteiger partial charge on any atom is 0.163 e. The fourth-order valence-corrected chi connectivity index (χ4v) is 2.22. The molecule has 86 valence electrons. The Balaban J connectivity index is 1.86. The molecule has 1 saturated heterocycles. The molecule has 16 heavy (non-hydrogen) atoms. The summed E-state index contributed by atoms with van der Waals surface area (Å²) in [5, 5.41) is 6.68. The van der Waals surface area contributed by atoms with Gasteiger partial charge in [-0.05, 0) is 15.9 Å². The van der Waals surface area contributed by atoms with E-state index in [1.54, 1.807) is 0 Å². The molecule has 0 aliphatic carbocycles. The van der Waals surface area contributed by atoms with Crippen molar-refractivity contribution in [3.05, 3.63) is 16.6 Å². The number of hydrogen-bond acceptors (Lipinski definition) is 4. The lowest BCUT2D eigenvalue weighted by Gasteiger charge is -2.30. The minimum atomic E-state index is 0.513. The SMILES string of the molecule is Brc1cc2c(cc1NC1CNC1)OCCO2. The summed E-state index contributed by atoms with van der Waals surface area (Å²) in [4.78, 5) is 0. The number of anilines is 1. The highest BCUT2D eigenvalue weighted by Gasteiger charge is 2.20. The highest BCUT2D eigenvalue weighted by atomic mass is 79.9. The van der Waals surface area contributed by atoms with Crippen molar-refractivity contribution < 1.29 is 9.47 Å². The maximum absolute atomic E-state index is 5.55. The smallest absolute Gasteiger partial charge is 0.163 e. The monoisotopic (exact) mass is 284 g/mol. The fourth-order valence-electron chi connectivity index (χ4n) is 1.79. The Bertz CT molecular complexity index is 407. The van der Waals surface area contributed by atoms with Gasteiger partial charge in [0, 0.05) is 29.7 Å². The molecule has 0 radical (unpaired) electrons. The first-order valence-corrected chi connectivity index (χ1v) is 6.18. The summed E-state index contributed by atoms with van der Waals surface area (Å²) in [7, 11) is 0. The van der Waals surface area contributed by atoms with E-state index < -0.39 is 0 Å². The lowest BCUT2D eigenvalue weighted by atomic mass is 10.1. The summed E-state index contributed by atoms with van der Waals surface area (Å²) in [6, 6.07) is 4.47. The van der Waals surface area contributed by atoms with Crippen molar-refractivity contribution in [2.24, 2.45) is 0 Å². The molecular weight excluding hydrogens is 272 g/mol. The van der Waals surface area contributed by atoms with Crippen molar-refractivity contribution in [2.45, 2.75) is 6.04 Å². The molecule has 5 heteroatoms. The summed E-state index contributed by atoms with van der Waals surface area (Å²) in [5.74, 6) is 1.64. The lowest BCUT2D eigenvalue weighted by Crippen LogP contribution is -2.51. The zero-order chi connectivity index (χ0) is 11.0. The van der Waals surface area contributed by atoms with Crippen LogP contribution in [0.5, 0.6) is 11.5 Å². The Morgan fingerprint density at radius 2 is 1.88 bits per heavy atom. The third kappa shape index (κ3) is 1.85. The number of benzene rings is 1. The van der Waals surface area contributed by atoms with Crippen LogP contribution >= 0.6 is 15.9 Å². The molecule has 0 spiro atoms. The van der Waals surface area contributed by atoms with Crippen LogP contribution in [0.4, 0.5) is 5.69 Å². The zero-order valence-electron chi connectivity index (χ0n) is 8.75.